The van der Waals surface area contributed by atoms with Gasteiger partial charge in [0.15, 0.2) is 4.32 Å². The first-order valence-electron chi connectivity index (χ1n) is 11.0. The number of unbranched alkanes of at least 4 members (excludes halogenated alkanes) is 3. The summed E-state index contributed by atoms with van der Waals surface area (Å²) < 4.78 is 11.1. The van der Waals surface area contributed by atoms with Crippen LogP contribution in [-0.2, 0) is 9.59 Å². The number of methoxy groups -OCH3 is 2. The minimum atomic E-state index is -0.331. The van der Waals surface area contributed by atoms with Crippen LogP contribution in [0.1, 0.15) is 38.2 Å². The van der Waals surface area contributed by atoms with Crippen LogP contribution in [0.2, 0.25) is 0 Å². The number of thiocarbonyl (C=S) groups is 1. The average Bonchev–Trinajstić information content (AvgIpc) is 3.27. The Labute approximate surface area is 203 Å². The van der Waals surface area contributed by atoms with E-state index in [2.05, 4.69) is 6.92 Å². The summed E-state index contributed by atoms with van der Waals surface area (Å²) in [4.78, 5) is 30.7. The van der Waals surface area contributed by atoms with Crippen molar-refractivity contribution < 1.29 is 19.1 Å². The van der Waals surface area contributed by atoms with Crippen molar-refractivity contribution in [1.82, 2.24) is 0 Å². The molecule has 1 fully saturated rings. The summed E-state index contributed by atoms with van der Waals surface area (Å²) in [6, 6.07) is 12.8. The smallest absolute Gasteiger partial charge is 0.271 e. The third-order valence-electron chi connectivity index (χ3n) is 5.78. The molecule has 0 aromatic heterocycles. The normalized spacial score (nSPS) is 17.7. The monoisotopic (exact) mass is 482 g/mol. The number of carbonyl (C=O) groups is 2. The third kappa shape index (κ3) is 4.25. The molecule has 2 heterocycles. The summed E-state index contributed by atoms with van der Waals surface area (Å²) >= 11 is 6.73. The molecule has 2 aromatic rings. The van der Waals surface area contributed by atoms with Crippen molar-refractivity contribution in [2.45, 2.75) is 32.6 Å². The van der Waals surface area contributed by atoms with Crippen molar-refractivity contribution in [1.29, 1.82) is 0 Å². The Morgan fingerprint density at radius 3 is 2.45 bits per heavy atom. The van der Waals surface area contributed by atoms with E-state index in [1.807, 2.05) is 24.3 Å². The van der Waals surface area contributed by atoms with Gasteiger partial charge in [-0.25, -0.2) is 0 Å². The summed E-state index contributed by atoms with van der Waals surface area (Å²) in [6.45, 7) is 2.79. The number of anilines is 2. The number of carbonyl (C=O) groups excluding carboxylic acids is 2. The van der Waals surface area contributed by atoms with E-state index in [-0.39, 0.29) is 11.8 Å². The topological polar surface area (TPSA) is 59.1 Å². The van der Waals surface area contributed by atoms with E-state index in [1.165, 1.54) is 12.0 Å². The number of benzene rings is 2. The summed E-state index contributed by atoms with van der Waals surface area (Å²) in [6.07, 6.45) is 4.25. The molecule has 2 amide bonds. The van der Waals surface area contributed by atoms with Crippen molar-refractivity contribution >= 4 is 57.1 Å². The molecule has 0 radical (unpaired) electrons. The number of ether oxygens (including phenoxy) is 2. The van der Waals surface area contributed by atoms with E-state index in [0.29, 0.717) is 38.5 Å². The first-order valence-corrected chi connectivity index (χ1v) is 12.2. The zero-order valence-corrected chi connectivity index (χ0v) is 20.6. The van der Waals surface area contributed by atoms with Crippen molar-refractivity contribution in [2.24, 2.45) is 0 Å². The molecule has 0 N–H and O–H groups in total. The Kier molecular flexibility index (Phi) is 7.05. The number of fused-ring (bicyclic) bond motifs is 1. The second-order valence-corrected chi connectivity index (χ2v) is 9.43. The van der Waals surface area contributed by atoms with E-state index in [0.717, 1.165) is 48.7 Å². The maximum Gasteiger partial charge on any atom is 0.271 e. The zero-order chi connectivity index (χ0) is 23.5. The lowest BCUT2D eigenvalue weighted by atomic mass is 10.1. The maximum atomic E-state index is 13.6. The second kappa shape index (κ2) is 9.97. The number of amides is 2. The van der Waals surface area contributed by atoms with Gasteiger partial charge in [0.1, 0.15) is 11.5 Å². The van der Waals surface area contributed by atoms with Gasteiger partial charge in [-0.1, -0.05) is 68.4 Å². The highest BCUT2D eigenvalue weighted by molar-refractivity contribution is 8.27. The van der Waals surface area contributed by atoms with E-state index in [9.17, 15) is 9.59 Å². The summed E-state index contributed by atoms with van der Waals surface area (Å²) in [7, 11) is 3.09. The predicted molar refractivity (Wildman–Crippen MR) is 137 cm³/mol. The molecule has 0 unspecified atom stereocenters. The highest BCUT2D eigenvalue weighted by Gasteiger charge is 2.43. The molecule has 0 saturated carbocycles. The van der Waals surface area contributed by atoms with Crippen LogP contribution in [0, 0.1) is 0 Å². The molecule has 0 atom stereocenters. The Hall–Kier alpha value is -2.84. The Balaban J connectivity index is 1.74. The molecule has 172 valence electrons. The molecular weight excluding hydrogens is 456 g/mol. The molecule has 0 spiro atoms. The van der Waals surface area contributed by atoms with Gasteiger partial charge < -0.3 is 14.4 Å². The number of thioether (sulfide) groups is 1. The number of hydrogen-bond acceptors (Lipinski definition) is 6. The van der Waals surface area contributed by atoms with Crippen molar-refractivity contribution in [3.63, 3.8) is 0 Å². The van der Waals surface area contributed by atoms with Gasteiger partial charge in [0.2, 0.25) is 0 Å². The van der Waals surface area contributed by atoms with Gasteiger partial charge in [0.25, 0.3) is 11.8 Å². The maximum absolute atomic E-state index is 13.6. The summed E-state index contributed by atoms with van der Waals surface area (Å²) in [5, 5.41) is 0. The number of hydrogen-bond donors (Lipinski definition) is 0. The second-order valence-electron chi connectivity index (χ2n) is 7.79. The Morgan fingerprint density at radius 1 is 0.939 bits per heavy atom. The van der Waals surface area contributed by atoms with Gasteiger partial charge in [-0.05, 0) is 24.6 Å². The highest BCUT2D eigenvalue weighted by Crippen LogP contribution is 2.47. The van der Waals surface area contributed by atoms with Gasteiger partial charge >= 0.3 is 0 Å². The van der Waals surface area contributed by atoms with Gasteiger partial charge in [-0.2, -0.15) is 0 Å². The fraction of sp³-hybridized carbons (Fsp3) is 0.320. The number of rotatable bonds is 8. The van der Waals surface area contributed by atoms with Crippen molar-refractivity contribution in [3.05, 3.63) is 52.9 Å². The molecule has 2 aliphatic rings. The van der Waals surface area contributed by atoms with E-state index in [1.54, 1.807) is 30.2 Å². The van der Waals surface area contributed by atoms with Gasteiger partial charge in [-0.3, -0.25) is 14.5 Å². The molecule has 6 nitrogen and oxygen atoms in total. The van der Waals surface area contributed by atoms with E-state index < -0.39 is 0 Å². The van der Waals surface area contributed by atoms with Crippen LogP contribution in [-0.4, -0.2) is 36.9 Å². The molecule has 2 aliphatic heterocycles. The van der Waals surface area contributed by atoms with Gasteiger partial charge in [0, 0.05) is 18.2 Å². The number of nitrogens with zero attached hydrogens (tertiary/aromatic N) is 2. The van der Waals surface area contributed by atoms with Crippen molar-refractivity contribution in [3.8, 4) is 11.5 Å². The minimum Gasteiger partial charge on any atom is -0.497 e. The lowest BCUT2D eigenvalue weighted by Crippen LogP contribution is -2.30. The minimum absolute atomic E-state index is 0.147. The number of para-hydroxylation sites is 1. The highest BCUT2D eigenvalue weighted by atomic mass is 32.2. The van der Waals surface area contributed by atoms with Crippen LogP contribution < -0.4 is 19.3 Å². The molecule has 1 saturated heterocycles. The van der Waals surface area contributed by atoms with E-state index in [4.69, 9.17) is 21.7 Å². The molecule has 0 aliphatic carbocycles. The molecule has 33 heavy (non-hydrogen) atoms. The molecular formula is C25H26N2O4S2. The largest absolute Gasteiger partial charge is 0.497 e. The van der Waals surface area contributed by atoms with Crippen LogP contribution in [0.5, 0.6) is 11.5 Å². The fourth-order valence-corrected chi connectivity index (χ4v) is 5.47. The lowest BCUT2D eigenvalue weighted by molar-refractivity contribution is -0.115. The first kappa shape index (κ1) is 23.3. The Bertz CT molecular complexity index is 1140. The summed E-state index contributed by atoms with van der Waals surface area (Å²) in [5.41, 5.74) is 2.53. The fourth-order valence-electron chi connectivity index (χ4n) is 4.12. The van der Waals surface area contributed by atoms with E-state index >= 15 is 0 Å². The van der Waals surface area contributed by atoms with Gasteiger partial charge in [-0.15, -0.1) is 0 Å². The SMILES string of the molecule is CCCCCCN1C(=O)/C(=C2\SC(=S)N(c3cc(OC)ccc3OC)C2=O)c2ccccc21. The predicted octanol–water partition coefficient (Wildman–Crippen LogP) is 5.41. The Morgan fingerprint density at radius 2 is 1.73 bits per heavy atom. The quantitative estimate of drug-likeness (QED) is 0.285. The molecule has 0 bridgehead atoms. The lowest BCUT2D eigenvalue weighted by Gasteiger charge is -2.19. The van der Waals surface area contributed by atoms with Crippen LogP contribution in [0.25, 0.3) is 5.57 Å². The molecule has 4 rings (SSSR count). The van der Waals surface area contributed by atoms with Crippen LogP contribution in [0.4, 0.5) is 11.4 Å². The zero-order valence-electron chi connectivity index (χ0n) is 18.9. The van der Waals surface area contributed by atoms with Crippen LogP contribution in [0.3, 0.4) is 0 Å². The first-order chi connectivity index (χ1) is 16.0. The van der Waals surface area contributed by atoms with Crippen molar-refractivity contribution in [2.75, 3.05) is 30.6 Å². The average molecular weight is 483 g/mol. The summed E-state index contributed by atoms with van der Waals surface area (Å²) in [5.74, 6) is 0.593. The molecule has 8 heteroatoms. The standard InChI is InChI=1S/C25H26N2O4S2/c1-4-5-6-9-14-26-18-11-8-7-10-17(18)21(23(26)28)22-24(29)27(25(32)33-22)19-15-16(30-2)12-13-20(19)31-3/h7-8,10-13,15H,4-6,9,14H2,1-3H3/b22-21-. The molecule has 2 aromatic carbocycles. The van der Waals surface area contributed by atoms with Gasteiger partial charge in [0.05, 0.1) is 36.1 Å². The third-order valence-corrected chi connectivity index (χ3v) is 7.15. The van der Waals surface area contributed by atoms with Crippen LogP contribution >= 0.6 is 24.0 Å². The van der Waals surface area contributed by atoms with Crippen LogP contribution in [0.15, 0.2) is 47.4 Å².